The predicted molar refractivity (Wildman–Crippen MR) is 209 cm³/mol. The molecule has 2 nitrogen and oxygen atoms in total. The van der Waals surface area contributed by atoms with Crippen LogP contribution in [0, 0.1) is 0 Å². The minimum absolute atomic E-state index is 0.0358. The van der Waals surface area contributed by atoms with Gasteiger partial charge < -0.3 is 10.6 Å². The van der Waals surface area contributed by atoms with Gasteiger partial charge >= 0.3 is 0 Å². The molecule has 5 aromatic rings. The lowest BCUT2D eigenvalue weighted by Gasteiger charge is -2.22. The van der Waals surface area contributed by atoms with Crippen molar-refractivity contribution in [1.29, 1.82) is 0 Å². The lowest BCUT2D eigenvalue weighted by atomic mass is 9.89. The van der Waals surface area contributed by atoms with Gasteiger partial charge in [-0.15, -0.1) is 0 Å². The summed E-state index contributed by atoms with van der Waals surface area (Å²) in [6.07, 6.45) is 22.0. The molecule has 5 aromatic carbocycles. The van der Waals surface area contributed by atoms with E-state index < -0.39 is 0 Å². The highest BCUT2D eigenvalue weighted by molar-refractivity contribution is 6.08. The molecule has 2 aliphatic rings. The fourth-order valence-corrected chi connectivity index (χ4v) is 7.00. The Morgan fingerprint density at radius 1 is 0.750 bits per heavy atom. The number of nitrogens with one attached hydrogen (secondary N) is 2. The molecule has 0 saturated carbocycles. The third-order valence-electron chi connectivity index (χ3n) is 9.55. The number of fused-ring (bicyclic) bond motifs is 6. The summed E-state index contributed by atoms with van der Waals surface area (Å²) in [7, 11) is 0. The number of benzene rings is 5. The van der Waals surface area contributed by atoms with Crippen LogP contribution in [0.3, 0.4) is 0 Å². The zero-order chi connectivity index (χ0) is 33.0. The Morgan fingerprint density at radius 3 is 2.10 bits per heavy atom. The minimum Gasteiger partial charge on any atom is -0.381 e. The smallest absolute Gasteiger partial charge is 0.0708 e. The Hall–Kier alpha value is -5.60. The fraction of sp³-hybridized carbons (Fsp3) is 0.130. The first-order valence-electron chi connectivity index (χ1n) is 16.9. The van der Waals surface area contributed by atoms with Crippen molar-refractivity contribution < 1.29 is 0 Å². The lowest BCUT2D eigenvalue weighted by Crippen LogP contribution is -2.36. The molecule has 0 radical (unpaired) electrons. The van der Waals surface area contributed by atoms with Crippen molar-refractivity contribution in [2.75, 3.05) is 6.54 Å². The summed E-state index contributed by atoms with van der Waals surface area (Å²) < 4.78 is 0. The third-order valence-corrected chi connectivity index (χ3v) is 9.55. The van der Waals surface area contributed by atoms with E-state index in [0.717, 1.165) is 12.2 Å². The molecule has 2 heteroatoms. The fourth-order valence-electron chi connectivity index (χ4n) is 7.00. The minimum atomic E-state index is 0.0358. The molecular formula is C46H42N2. The molecule has 0 spiro atoms. The summed E-state index contributed by atoms with van der Waals surface area (Å²) in [5, 5.41) is 15.0. The number of allylic oxidation sites excluding steroid dienone is 10. The summed E-state index contributed by atoms with van der Waals surface area (Å²) in [5.41, 5.74) is 11.0. The quantitative estimate of drug-likeness (QED) is 0.139. The van der Waals surface area contributed by atoms with Crippen LogP contribution in [0.25, 0.3) is 56.2 Å². The van der Waals surface area contributed by atoms with Crippen molar-refractivity contribution in [2.45, 2.75) is 33.7 Å². The maximum absolute atomic E-state index is 3.77. The molecule has 1 atom stereocenters. The standard InChI is InChI=1S/C46H42N2/c1-5-7-16-31(3)34-26-35(28-36(27-34)45-23-14-15-24-47-45)32(4)25-33(6-2)37-17-8-13-22-42(37)46-29-43-40-20-11-9-18-38(40)39-19-10-12-21-41(39)44(43)30-48-46/h5-23,25-30,46-48H,24H2,1-4H3/b7-5-,31-16+,32-25+,33-6+. The van der Waals surface area contributed by atoms with Crippen LogP contribution in [0.4, 0.5) is 0 Å². The van der Waals surface area contributed by atoms with E-state index in [4.69, 9.17) is 0 Å². The van der Waals surface area contributed by atoms with Gasteiger partial charge in [-0.05, 0) is 129 Å². The molecule has 0 aromatic heterocycles. The summed E-state index contributed by atoms with van der Waals surface area (Å²) in [5.74, 6) is 0. The van der Waals surface area contributed by atoms with Crippen LogP contribution in [-0.2, 0) is 0 Å². The zero-order valence-corrected chi connectivity index (χ0v) is 28.2. The van der Waals surface area contributed by atoms with Gasteiger partial charge in [-0.25, -0.2) is 0 Å². The summed E-state index contributed by atoms with van der Waals surface area (Å²) in [6, 6.07) is 33.3. The third kappa shape index (κ3) is 5.98. The molecule has 2 N–H and O–H groups in total. The molecule has 236 valence electrons. The van der Waals surface area contributed by atoms with Gasteiger partial charge in [0.05, 0.1) is 6.04 Å². The summed E-state index contributed by atoms with van der Waals surface area (Å²) in [4.78, 5) is 0. The Bertz CT molecular complexity index is 2360. The van der Waals surface area contributed by atoms with Crippen LogP contribution >= 0.6 is 0 Å². The van der Waals surface area contributed by atoms with E-state index in [1.54, 1.807) is 0 Å². The van der Waals surface area contributed by atoms with Crippen LogP contribution < -0.4 is 21.1 Å². The monoisotopic (exact) mass is 622 g/mol. The van der Waals surface area contributed by atoms with Crippen molar-refractivity contribution in [3.63, 3.8) is 0 Å². The Balaban J connectivity index is 1.31. The molecule has 7 rings (SSSR count). The Labute approximate surface area is 284 Å². The van der Waals surface area contributed by atoms with Crippen LogP contribution in [-0.4, -0.2) is 6.54 Å². The van der Waals surface area contributed by atoms with Gasteiger partial charge in [-0.1, -0.05) is 115 Å². The molecule has 0 aliphatic carbocycles. The number of dihydropyridines is 1. The van der Waals surface area contributed by atoms with E-state index in [1.165, 1.54) is 76.5 Å². The maximum Gasteiger partial charge on any atom is 0.0708 e. The van der Waals surface area contributed by atoms with E-state index in [2.05, 4.69) is 190 Å². The molecule has 48 heavy (non-hydrogen) atoms. The first-order chi connectivity index (χ1) is 23.6. The SMILES string of the molecule is C/C=C\C=C(/C)c1cc(C2=CC=CCN2)cc(/C(C)=C/C(=C\C)c2ccccc2C2C=c3c(c4ccccc4c4ccccc34)=CN2)c1. The van der Waals surface area contributed by atoms with Crippen LogP contribution in [0.5, 0.6) is 0 Å². The highest BCUT2D eigenvalue weighted by atomic mass is 14.9. The molecular weight excluding hydrogens is 581 g/mol. The van der Waals surface area contributed by atoms with Crippen LogP contribution in [0.15, 0.2) is 140 Å². The van der Waals surface area contributed by atoms with E-state index in [0.29, 0.717) is 0 Å². The first-order valence-corrected chi connectivity index (χ1v) is 16.9. The van der Waals surface area contributed by atoms with Gasteiger partial charge in [-0.2, -0.15) is 0 Å². The average molecular weight is 623 g/mol. The Kier molecular flexibility index (Phi) is 8.81. The zero-order valence-electron chi connectivity index (χ0n) is 28.2. The number of hydrogen-bond donors (Lipinski definition) is 2. The van der Waals surface area contributed by atoms with Crippen molar-refractivity contribution in [3.8, 4) is 0 Å². The topological polar surface area (TPSA) is 24.1 Å². The van der Waals surface area contributed by atoms with Crippen molar-refractivity contribution in [1.82, 2.24) is 10.6 Å². The van der Waals surface area contributed by atoms with E-state index >= 15 is 0 Å². The second kappa shape index (κ2) is 13.6. The highest BCUT2D eigenvalue weighted by Crippen LogP contribution is 2.32. The second-order valence-corrected chi connectivity index (χ2v) is 12.6. The van der Waals surface area contributed by atoms with Gasteiger partial charge in [0.1, 0.15) is 0 Å². The largest absolute Gasteiger partial charge is 0.381 e. The summed E-state index contributed by atoms with van der Waals surface area (Å²) >= 11 is 0. The highest BCUT2D eigenvalue weighted by Gasteiger charge is 2.18. The van der Waals surface area contributed by atoms with E-state index in [9.17, 15) is 0 Å². The molecule has 1 unspecified atom stereocenters. The molecule has 2 aliphatic heterocycles. The van der Waals surface area contributed by atoms with Gasteiger partial charge in [-0.3, -0.25) is 0 Å². The van der Waals surface area contributed by atoms with Crippen molar-refractivity contribution in [3.05, 3.63) is 178 Å². The first kappa shape index (κ1) is 31.0. The van der Waals surface area contributed by atoms with Crippen molar-refractivity contribution in [2.24, 2.45) is 0 Å². The van der Waals surface area contributed by atoms with Gasteiger partial charge in [0.2, 0.25) is 0 Å². The van der Waals surface area contributed by atoms with Crippen molar-refractivity contribution >= 4 is 56.2 Å². The average Bonchev–Trinajstić information content (AvgIpc) is 3.16. The van der Waals surface area contributed by atoms with E-state index in [-0.39, 0.29) is 6.04 Å². The number of hydrogen-bond acceptors (Lipinski definition) is 2. The maximum atomic E-state index is 3.77. The van der Waals surface area contributed by atoms with Gasteiger partial charge in [0.15, 0.2) is 0 Å². The lowest BCUT2D eigenvalue weighted by molar-refractivity contribution is 0.813. The summed E-state index contributed by atoms with van der Waals surface area (Å²) in [6.45, 7) is 9.46. The normalized spacial score (nSPS) is 16.6. The van der Waals surface area contributed by atoms with Crippen LogP contribution in [0.1, 0.15) is 61.6 Å². The van der Waals surface area contributed by atoms with Gasteiger partial charge in [0, 0.05) is 23.7 Å². The number of rotatable bonds is 7. The van der Waals surface area contributed by atoms with E-state index in [1.807, 2.05) is 0 Å². The molecule has 0 fully saturated rings. The predicted octanol–water partition coefficient (Wildman–Crippen LogP) is 9.84. The van der Waals surface area contributed by atoms with Gasteiger partial charge in [0.25, 0.3) is 0 Å². The van der Waals surface area contributed by atoms with Crippen LogP contribution in [0.2, 0.25) is 0 Å². The molecule has 0 saturated heterocycles. The molecule has 0 amide bonds. The molecule has 2 heterocycles. The second-order valence-electron chi connectivity index (χ2n) is 12.6. The molecule has 0 bridgehead atoms. The Morgan fingerprint density at radius 2 is 1.42 bits per heavy atom.